The molecule has 142 valence electrons. The van der Waals surface area contributed by atoms with Crippen LogP contribution in [-0.4, -0.2) is 25.0 Å². The Kier molecular flexibility index (Phi) is 5.68. The Morgan fingerprint density at radius 1 is 1.14 bits per heavy atom. The third kappa shape index (κ3) is 4.07. The van der Waals surface area contributed by atoms with Crippen molar-refractivity contribution >= 4 is 23.1 Å². The van der Waals surface area contributed by atoms with Crippen LogP contribution in [0.5, 0.6) is 0 Å². The van der Waals surface area contributed by atoms with Crippen molar-refractivity contribution in [3.8, 4) is 10.8 Å². The average molecular weight is 410 g/mol. The second kappa shape index (κ2) is 8.53. The van der Waals surface area contributed by atoms with Crippen LogP contribution in [0.3, 0.4) is 0 Å². The normalized spacial score (nSPS) is 12.2. The summed E-state index contributed by atoms with van der Waals surface area (Å²) in [6, 6.07) is 14.2. The molecule has 1 unspecified atom stereocenters. The van der Waals surface area contributed by atoms with Gasteiger partial charge in [-0.3, -0.25) is 0 Å². The molecule has 4 rings (SSSR count). The number of aromatic nitrogens is 5. The second-order valence-electron chi connectivity index (χ2n) is 6.14. The van der Waals surface area contributed by atoms with E-state index >= 15 is 0 Å². The molecule has 3 heterocycles. The molecule has 0 bridgehead atoms. The fourth-order valence-corrected chi connectivity index (χ4v) is 4.29. The van der Waals surface area contributed by atoms with E-state index in [1.165, 1.54) is 5.56 Å². The van der Waals surface area contributed by atoms with E-state index < -0.39 is 0 Å². The molecule has 0 amide bonds. The summed E-state index contributed by atoms with van der Waals surface area (Å²) in [6.07, 6.45) is 2.58. The molecule has 0 saturated heterocycles. The Morgan fingerprint density at radius 2 is 2.00 bits per heavy atom. The van der Waals surface area contributed by atoms with Gasteiger partial charge in [0.2, 0.25) is 5.89 Å². The fourth-order valence-electron chi connectivity index (χ4n) is 2.74. The Bertz CT molecular complexity index is 1040. The van der Waals surface area contributed by atoms with Gasteiger partial charge in [0, 0.05) is 13.0 Å². The molecule has 0 aliphatic heterocycles. The quantitative estimate of drug-likeness (QED) is 0.301. The van der Waals surface area contributed by atoms with Gasteiger partial charge in [-0.25, -0.2) is 0 Å². The molecule has 0 radical (unpaired) electrons. The first-order valence-corrected chi connectivity index (χ1v) is 10.6. The molecule has 28 heavy (non-hydrogen) atoms. The zero-order chi connectivity index (χ0) is 19.3. The van der Waals surface area contributed by atoms with Crippen LogP contribution in [0.15, 0.2) is 70.1 Å². The minimum absolute atomic E-state index is 0.0430. The lowest BCUT2D eigenvalue weighted by Gasteiger charge is -2.10. The predicted octanol–water partition coefficient (Wildman–Crippen LogP) is 5.02. The van der Waals surface area contributed by atoms with Crippen LogP contribution < -0.4 is 0 Å². The molecule has 0 N–H and O–H groups in total. The molecule has 1 atom stereocenters. The van der Waals surface area contributed by atoms with Crippen LogP contribution >= 0.6 is 23.1 Å². The highest BCUT2D eigenvalue weighted by atomic mass is 32.2. The fraction of sp³-hybridized carbons (Fsp3) is 0.200. The minimum Gasteiger partial charge on any atom is -0.419 e. The van der Waals surface area contributed by atoms with Crippen LogP contribution in [0.1, 0.15) is 29.5 Å². The molecule has 0 spiro atoms. The molecule has 0 saturated carbocycles. The summed E-state index contributed by atoms with van der Waals surface area (Å²) in [5.41, 5.74) is 1.20. The summed E-state index contributed by atoms with van der Waals surface area (Å²) >= 11 is 3.13. The van der Waals surface area contributed by atoms with Crippen molar-refractivity contribution in [2.24, 2.45) is 0 Å². The van der Waals surface area contributed by atoms with E-state index in [-0.39, 0.29) is 5.25 Å². The molecule has 0 aliphatic carbocycles. The Balaban J connectivity index is 1.53. The number of hydrogen-bond donors (Lipinski definition) is 0. The van der Waals surface area contributed by atoms with E-state index in [2.05, 4.69) is 43.7 Å². The molecule has 6 nitrogen and oxygen atoms in total. The molecule has 0 fully saturated rings. The van der Waals surface area contributed by atoms with Gasteiger partial charge in [0.05, 0.1) is 10.1 Å². The summed E-state index contributed by atoms with van der Waals surface area (Å²) in [5, 5.41) is 19.9. The van der Waals surface area contributed by atoms with Gasteiger partial charge in [-0.15, -0.1) is 38.3 Å². The number of thiophene rings is 1. The Morgan fingerprint density at radius 3 is 2.75 bits per heavy atom. The molecule has 0 aliphatic rings. The Labute approximate surface area is 171 Å². The highest BCUT2D eigenvalue weighted by molar-refractivity contribution is 7.99. The van der Waals surface area contributed by atoms with E-state index in [0.29, 0.717) is 18.3 Å². The van der Waals surface area contributed by atoms with Gasteiger partial charge in [0.1, 0.15) is 5.82 Å². The maximum Gasteiger partial charge on any atom is 0.257 e. The van der Waals surface area contributed by atoms with Crippen molar-refractivity contribution in [3.05, 3.63) is 77.8 Å². The molecule has 1 aromatic carbocycles. The highest BCUT2D eigenvalue weighted by Gasteiger charge is 2.21. The molecular formula is C20H19N5OS2. The number of nitrogens with zero attached hydrogens (tertiary/aromatic N) is 5. The van der Waals surface area contributed by atoms with Crippen molar-refractivity contribution in [1.82, 2.24) is 25.0 Å². The topological polar surface area (TPSA) is 69.6 Å². The van der Waals surface area contributed by atoms with Crippen LogP contribution in [0.25, 0.3) is 10.8 Å². The van der Waals surface area contributed by atoms with E-state index in [0.717, 1.165) is 22.3 Å². The number of benzene rings is 1. The third-order valence-corrected chi connectivity index (χ3v) is 6.04. The van der Waals surface area contributed by atoms with Crippen molar-refractivity contribution in [3.63, 3.8) is 0 Å². The smallest absolute Gasteiger partial charge is 0.257 e. The van der Waals surface area contributed by atoms with Gasteiger partial charge in [-0.1, -0.05) is 54.2 Å². The lowest BCUT2D eigenvalue weighted by molar-refractivity contribution is 0.509. The lowest BCUT2D eigenvalue weighted by Crippen LogP contribution is -2.05. The second-order valence-corrected chi connectivity index (χ2v) is 8.40. The van der Waals surface area contributed by atoms with Crippen molar-refractivity contribution in [1.29, 1.82) is 0 Å². The van der Waals surface area contributed by atoms with Crippen molar-refractivity contribution < 1.29 is 4.42 Å². The van der Waals surface area contributed by atoms with Crippen molar-refractivity contribution in [2.45, 2.75) is 30.3 Å². The zero-order valence-electron chi connectivity index (χ0n) is 15.4. The minimum atomic E-state index is -0.0430. The first-order valence-electron chi connectivity index (χ1n) is 8.85. The summed E-state index contributed by atoms with van der Waals surface area (Å²) in [6.45, 7) is 6.54. The van der Waals surface area contributed by atoms with Crippen LogP contribution in [-0.2, 0) is 13.0 Å². The maximum absolute atomic E-state index is 5.85. The van der Waals surface area contributed by atoms with Gasteiger partial charge >= 0.3 is 0 Å². The largest absolute Gasteiger partial charge is 0.419 e. The summed E-state index contributed by atoms with van der Waals surface area (Å²) in [4.78, 5) is 0.968. The van der Waals surface area contributed by atoms with E-state index in [4.69, 9.17) is 4.42 Å². The highest BCUT2D eigenvalue weighted by Crippen LogP contribution is 2.35. The van der Waals surface area contributed by atoms with Crippen LogP contribution in [0, 0.1) is 0 Å². The van der Waals surface area contributed by atoms with Gasteiger partial charge < -0.3 is 8.98 Å². The van der Waals surface area contributed by atoms with Crippen molar-refractivity contribution in [2.75, 3.05) is 0 Å². The lowest BCUT2D eigenvalue weighted by atomic mass is 10.1. The predicted molar refractivity (Wildman–Crippen MR) is 111 cm³/mol. The van der Waals surface area contributed by atoms with Gasteiger partial charge in [0.25, 0.3) is 5.89 Å². The number of allylic oxidation sites excluding steroid dienone is 1. The summed E-state index contributed by atoms with van der Waals surface area (Å²) in [7, 11) is 0. The summed E-state index contributed by atoms with van der Waals surface area (Å²) < 4.78 is 7.94. The first kappa shape index (κ1) is 18.6. The molecule has 3 aromatic heterocycles. The number of thioether (sulfide) groups is 1. The first-order chi connectivity index (χ1) is 13.7. The molecule has 8 heteroatoms. The zero-order valence-corrected chi connectivity index (χ0v) is 17.0. The average Bonchev–Trinajstić information content (AvgIpc) is 3.45. The number of rotatable bonds is 8. The number of hydrogen-bond acceptors (Lipinski definition) is 7. The van der Waals surface area contributed by atoms with Crippen LogP contribution in [0.4, 0.5) is 0 Å². The van der Waals surface area contributed by atoms with E-state index in [1.54, 1.807) is 23.1 Å². The summed E-state index contributed by atoms with van der Waals surface area (Å²) in [5.74, 6) is 2.03. The monoisotopic (exact) mass is 409 g/mol. The standard InChI is InChI=1S/C20H19N5OS2/c1-3-11-25-17(13-15-8-5-4-6-9-15)21-24-20(25)28-14(2)18-22-23-19(26-18)16-10-7-12-27-16/h3-10,12,14H,1,11,13H2,2H3. The maximum atomic E-state index is 5.85. The van der Waals surface area contributed by atoms with Gasteiger partial charge in [-0.2, -0.15) is 0 Å². The molecular weight excluding hydrogens is 390 g/mol. The third-order valence-electron chi connectivity index (χ3n) is 4.11. The SMILES string of the molecule is C=CCn1c(Cc2ccccc2)nnc1SC(C)c1nnc(-c2cccs2)o1. The Hall–Kier alpha value is -2.71. The van der Waals surface area contributed by atoms with E-state index in [1.807, 2.05) is 48.7 Å². The molecule has 4 aromatic rings. The van der Waals surface area contributed by atoms with E-state index in [9.17, 15) is 0 Å². The van der Waals surface area contributed by atoms with Gasteiger partial charge in [0.15, 0.2) is 5.16 Å². The van der Waals surface area contributed by atoms with Gasteiger partial charge in [-0.05, 0) is 23.9 Å². The van der Waals surface area contributed by atoms with Crippen LogP contribution in [0.2, 0.25) is 0 Å².